The van der Waals surface area contributed by atoms with Gasteiger partial charge in [-0.25, -0.2) is 4.98 Å². The lowest BCUT2D eigenvalue weighted by Gasteiger charge is -2.13. The molecule has 0 unspecified atom stereocenters. The van der Waals surface area contributed by atoms with Crippen LogP contribution in [0, 0.1) is 22.9 Å². The standard InChI is InChI=1S/C23H17FN4O4S/c1-14-6-9-16(10-7-14)27-22(30)17-4-2-3-5-19(17)26-23(27)33-13-21(29)25-15-8-11-18(24)20(12-15)28(31)32/h2-12H,13H2,1H3,(H,25,29). The van der Waals surface area contributed by atoms with Crippen LogP contribution in [0.5, 0.6) is 0 Å². The third-order valence-electron chi connectivity index (χ3n) is 4.80. The maximum Gasteiger partial charge on any atom is 0.306 e. The van der Waals surface area contributed by atoms with Gasteiger partial charge in [0.15, 0.2) is 5.16 Å². The first-order chi connectivity index (χ1) is 15.8. The molecule has 0 saturated heterocycles. The van der Waals surface area contributed by atoms with Gasteiger partial charge in [0.05, 0.1) is 27.3 Å². The zero-order chi connectivity index (χ0) is 23.5. The van der Waals surface area contributed by atoms with E-state index in [2.05, 4.69) is 10.3 Å². The van der Waals surface area contributed by atoms with Gasteiger partial charge in [0, 0.05) is 11.8 Å². The summed E-state index contributed by atoms with van der Waals surface area (Å²) in [6.07, 6.45) is 0. The van der Waals surface area contributed by atoms with Crippen LogP contribution in [0.25, 0.3) is 16.6 Å². The van der Waals surface area contributed by atoms with E-state index in [0.717, 1.165) is 29.5 Å². The molecule has 0 aliphatic heterocycles. The van der Waals surface area contributed by atoms with Gasteiger partial charge in [-0.3, -0.25) is 24.3 Å². The minimum atomic E-state index is -0.991. The summed E-state index contributed by atoms with van der Waals surface area (Å²) in [6, 6.07) is 17.4. The minimum absolute atomic E-state index is 0.0936. The fraction of sp³-hybridized carbons (Fsp3) is 0.0870. The van der Waals surface area contributed by atoms with Crippen molar-refractivity contribution in [3.05, 3.63) is 98.6 Å². The summed E-state index contributed by atoms with van der Waals surface area (Å²) in [4.78, 5) is 40.3. The molecule has 1 amide bonds. The average molecular weight is 464 g/mol. The lowest BCUT2D eigenvalue weighted by atomic mass is 10.2. The third-order valence-corrected chi connectivity index (χ3v) is 5.73. The zero-order valence-electron chi connectivity index (χ0n) is 17.3. The van der Waals surface area contributed by atoms with E-state index < -0.39 is 22.3 Å². The number of hydrogen-bond donors (Lipinski definition) is 1. The van der Waals surface area contributed by atoms with Crippen LogP contribution >= 0.6 is 11.8 Å². The van der Waals surface area contributed by atoms with Crippen LogP contribution in [0.4, 0.5) is 15.8 Å². The number of nitro benzene ring substituents is 1. The van der Waals surface area contributed by atoms with Gasteiger partial charge >= 0.3 is 5.69 Å². The van der Waals surface area contributed by atoms with Crippen LogP contribution in [0.2, 0.25) is 0 Å². The molecule has 33 heavy (non-hydrogen) atoms. The third kappa shape index (κ3) is 4.75. The average Bonchev–Trinajstić information content (AvgIpc) is 2.80. The summed E-state index contributed by atoms with van der Waals surface area (Å²) in [7, 11) is 0. The molecule has 1 heterocycles. The van der Waals surface area contributed by atoms with Crippen LogP contribution < -0.4 is 10.9 Å². The van der Waals surface area contributed by atoms with E-state index >= 15 is 0 Å². The number of nitrogens with one attached hydrogen (secondary N) is 1. The van der Waals surface area contributed by atoms with Gasteiger partial charge in [-0.15, -0.1) is 0 Å². The number of thioether (sulfide) groups is 1. The number of nitro groups is 1. The Morgan fingerprint density at radius 1 is 1.15 bits per heavy atom. The highest BCUT2D eigenvalue weighted by Crippen LogP contribution is 2.24. The number of carbonyl (C=O) groups excluding carboxylic acids is 1. The van der Waals surface area contributed by atoms with E-state index in [1.807, 2.05) is 19.1 Å². The molecular weight excluding hydrogens is 447 g/mol. The first-order valence-corrected chi connectivity index (χ1v) is 10.8. The highest BCUT2D eigenvalue weighted by atomic mass is 32.2. The molecule has 0 fully saturated rings. The van der Waals surface area contributed by atoms with Crippen molar-refractivity contribution in [2.24, 2.45) is 0 Å². The van der Waals surface area contributed by atoms with Crippen molar-refractivity contribution in [1.29, 1.82) is 0 Å². The number of fused-ring (bicyclic) bond motifs is 1. The predicted octanol–water partition coefficient (Wildman–Crippen LogP) is 4.47. The Bertz CT molecular complexity index is 1440. The van der Waals surface area contributed by atoms with Crippen molar-refractivity contribution in [3.63, 3.8) is 0 Å². The fourth-order valence-corrected chi connectivity index (χ4v) is 4.00. The quantitative estimate of drug-likeness (QED) is 0.195. The molecule has 0 bridgehead atoms. The predicted molar refractivity (Wildman–Crippen MR) is 124 cm³/mol. The Morgan fingerprint density at radius 2 is 1.88 bits per heavy atom. The molecule has 0 radical (unpaired) electrons. The van der Waals surface area contributed by atoms with Crippen LogP contribution in [0.15, 0.2) is 76.7 Å². The van der Waals surface area contributed by atoms with Crippen molar-refractivity contribution in [1.82, 2.24) is 9.55 Å². The van der Waals surface area contributed by atoms with Gasteiger partial charge in [0.1, 0.15) is 0 Å². The summed E-state index contributed by atoms with van der Waals surface area (Å²) < 4.78 is 15.0. The van der Waals surface area contributed by atoms with E-state index in [4.69, 9.17) is 0 Å². The van der Waals surface area contributed by atoms with E-state index in [-0.39, 0.29) is 17.0 Å². The molecule has 0 aliphatic carbocycles. The molecule has 0 spiro atoms. The molecule has 0 atom stereocenters. The maximum absolute atomic E-state index is 13.5. The van der Waals surface area contributed by atoms with Crippen molar-refractivity contribution < 1.29 is 14.1 Å². The number of aryl methyl sites for hydroxylation is 1. The van der Waals surface area contributed by atoms with Gasteiger partial charge in [0.25, 0.3) is 5.56 Å². The molecular formula is C23H17FN4O4S. The number of rotatable bonds is 6. The highest BCUT2D eigenvalue weighted by molar-refractivity contribution is 7.99. The second-order valence-electron chi connectivity index (χ2n) is 7.15. The lowest BCUT2D eigenvalue weighted by Crippen LogP contribution is -2.23. The highest BCUT2D eigenvalue weighted by Gasteiger charge is 2.17. The summed E-state index contributed by atoms with van der Waals surface area (Å²) in [5.41, 5.74) is 1.24. The number of benzene rings is 3. The SMILES string of the molecule is Cc1ccc(-n2c(SCC(=O)Nc3ccc(F)c([N+](=O)[O-])c3)nc3ccccc3c2=O)cc1. The van der Waals surface area contributed by atoms with Crippen molar-refractivity contribution in [2.45, 2.75) is 12.1 Å². The molecule has 4 rings (SSSR count). The summed E-state index contributed by atoms with van der Waals surface area (Å²) >= 11 is 1.05. The van der Waals surface area contributed by atoms with Crippen LogP contribution in [-0.4, -0.2) is 26.1 Å². The minimum Gasteiger partial charge on any atom is -0.325 e. The normalized spacial score (nSPS) is 10.8. The second kappa shape index (κ2) is 9.21. The molecule has 0 aliphatic rings. The molecule has 3 aromatic carbocycles. The van der Waals surface area contributed by atoms with Crippen molar-refractivity contribution in [3.8, 4) is 5.69 Å². The summed E-state index contributed by atoms with van der Waals surface area (Å²) in [5, 5.41) is 14.2. The smallest absolute Gasteiger partial charge is 0.306 e. The monoisotopic (exact) mass is 464 g/mol. The number of amides is 1. The molecule has 8 nitrogen and oxygen atoms in total. The van der Waals surface area contributed by atoms with Crippen LogP contribution in [0.3, 0.4) is 0 Å². The molecule has 1 N–H and O–H groups in total. The molecule has 0 saturated carbocycles. The number of hydrogen-bond acceptors (Lipinski definition) is 6. The van der Waals surface area contributed by atoms with E-state index in [9.17, 15) is 24.1 Å². The van der Waals surface area contributed by atoms with Gasteiger partial charge in [-0.2, -0.15) is 4.39 Å². The van der Waals surface area contributed by atoms with Crippen LogP contribution in [-0.2, 0) is 4.79 Å². The number of halogens is 1. The second-order valence-corrected chi connectivity index (χ2v) is 8.09. The topological polar surface area (TPSA) is 107 Å². The molecule has 1 aromatic heterocycles. The fourth-order valence-electron chi connectivity index (χ4n) is 3.19. The van der Waals surface area contributed by atoms with E-state index in [0.29, 0.717) is 21.7 Å². The van der Waals surface area contributed by atoms with Gasteiger partial charge in [-0.05, 0) is 43.3 Å². The Balaban J connectivity index is 1.63. The largest absolute Gasteiger partial charge is 0.325 e. The van der Waals surface area contributed by atoms with Crippen molar-refractivity contribution >= 4 is 39.9 Å². The van der Waals surface area contributed by atoms with Gasteiger partial charge in [0.2, 0.25) is 11.7 Å². The number of para-hydroxylation sites is 1. The lowest BCUT2D eigenvalue weighted by molar-refractivity contribution is -0.387. The Kier molecular flexibility index (Phi) is 6.18. The number of carbonyl (C=O) groups is 1. The maximum atomic E-state index is 13.5. The summed E-state index contributed by atoms with van der Waals surface area (Å²) in [5.74, 6) is -1.60. The molecule has 10 heteroatoms. The number of anilines is 1. The number of aromatic nitrogens is 2. The molecule has 4 aromatic rings. The first kappa shape index (κ1) is 22.2. The van der Waals surface area contributed by atoms with Crippen LogP contribution in [0.1, 0.15) is 5.56 Å². The van der Waals surface area contributed by atoms with Gasteiger partial charge < -0.3 is 5.32 Å². The van der Waals surface area contributed by atoms with E-state index in [1.165, 1.54) is 10.6 Å². The molecule has 166 valence electrons. The van der Waals surface area contributed by atoms with E-state index in [1.54, 1.807) is 36.4 Å². The Labute approximate surface area is 191 Å². The Morgan fingerprint density at radius 3 is 2.61 bits per heavy atom. The van der Waals surface area contributed by atoms with Gasteiger partial charge in [-0.1, -0.05) is 41.6 Å². The first-order valence-electron chi connectivity index (χ1n) is 9.79. The Hall–Kier alpha value is -4.05. The van der Waals surface area contributed by atoms with Crippen molar-refractivity contribution in [2.75, 3.05) is 11.1 Å². The zero-order valence-corrected chi connectivity index (χ0v) is 18.1. The number of nitrogens with zero attached hydrogens (tertiary/aromatic N) is 3. The summed E-state index contributed by atoms with van der Waals surface area (Å²) in [6.45, 7) is 1.94.